The van der Waals surface area contributed by atoms with Crippen molar-refractivity contribution in [1.29, 1.82) is 0 Å². The normalized spacial score (nSPS) is 11.0. The van der Waals surface area contributed by atoms with Gasteiger partial charge in [-0.1, -0.05) is 12.1 Å². The van der Waals surface area contributed by atoms with Crippen molar-refractivity contribution in [1.82, 2.24) is 10.3 Å². The zero-order valence-corrected chi connectivity index (χ0v) is 10.2. The van der Waals surface area contributed by atoms with Crippen LogP contribution >= 0.6 is 0 Å². The smallest absolute Gasteiger partial charge is 0.253 e. The highest BCUT2D eigenvalue weighted by atomic mass is 16.1. The molecule has 1 heterocycles. The predicted octanol–water partition coefficient (Wildman–Crippen LogP) is 0.0422. The number of amides is 1. The first-order chi connectivity index (χ1) is 8.18. The van der Waals surface area contributed by atoms with Crippen molar-refractivity contribution in [2.45, 2.75) is 0 Å². The van der Waals surface area contributed by atoms with Crippen LogP contribution in [0.15, 0.2) is 30.5 Å². The molecule has 0 bridgehead atoms. The summed E-state index contributed by atoms with van der Waals surface area (Å²) >= 11 is 0. The average molecular weight is 232 g/mol. The summed E-state index contributed by atoms with van der Waals surface area (Å²) in [6.45, 7) is 1.62. The number of quaternary nitrogens is 1. The summed E-state index contributed by atoms with van der Waals surface area (Å²) in [5.74, 6) is -0.0145. The van der Waals surface area contributed by atoms with E-state index in [-0.39, 0.29) is 5.91 Å². The third-order valence-electron chi connectivity index (χ3n) is 2.74. The lowest BCUT2D eigenvalue weighted by Crippen LogP contribution is -3.06. The standard InChI is InChI=1S/C13H17N3O/c1-16(2)9-8-15-13(17)11-5-3-4-10-6-7-14-12(10)11/h3-7,14H,8-9H2,1-2H3,(H,15,17)/p+1. The average Bonchev–Trinajstić information content (AvgIpc) is 2.75. The molecule has 1 amide bonds. The minimum absolute atomic E-state index is 0.0145. The van der Waals surface area contributed by atoms with E-state index in [0.29, 0.717) is 12.1 Å². The van der Waals surface area contributed by atoms with Crippen LogP contribution in [-0.2, 0) is 0 Å². The van der Waals surface area contributed by atoms with E-state index in [1.807, 2.05) is 30.5 Å². The second-order valence-electron chi connectivity index (χ2n) is 4.46. The second kappa shape index (κ2) is 5.01. The van der Waals surface area contributed by atoms with E-state index in [2.05, 4.69) is 24.4 Å². The van der Waals surface area contributed by atoms with Gasteiger partial charge in [0.15, 0.2) is 0 Å². The van der Waals surface area contributed by atoms with Gasteiger partial charge < -0.3 is 15.2 Å². The molecule has 0 aliphatic heterocycles. The SMILES string of the molecule is C[NH+](C)CCNC(=O)c1cccc2cc[nH]c12. The molecule has 0 aliphatic rings. The Morgan fingerprint density at radius 2 is 2.18 bits per heavy atom. The Kier molecular flexibility index (Phi) is 3.44. The van der Waals surface area contributed by atoms with Crippen LogP contribution in [0.25, 0.3) is 10.9 Å². The van der Waals surface area contributed by atoms with Gasteiger partial charge in [0.2, 0.25) is 0 Å². The maximum absolute atomic E-state index is 12.0. The van der Waals surface area contributed by atoms with Gasteiger partial charge in [0, 0.05) is 11.6 Å². The summed E-state index contributed by atoms with van der Waals surface area (Å²) in [5, 5.41) is 4.00. The number of H-pyrrole nitrogens is 1. The summed E-state index contributed by atoms with van der Waals surface area (Å²) < 4.78 is 0. The third-order valence-corrected chi connectivity index (χ3v) is 2.74. The topological polar surface area (TPSA) is 49.3 Å². The Labute approximate surface area is 101 Å². The van der Waals surface area contributed by atoms with E-state index in [0.717, 1.165) is 17.4 Å². The lowest BCUT2D eigenvalue weighted by molar-refractivity contribution is -0.856. The molecule has 90 valence electrons. The maximum Gasteiger partial charge on any atom is 0.253 e. The molecule has 0 aliphatic carbocycles. The number of rotatable bonds is 4. The molecule has 2 rings (SSSR count). The Hall–Kier alpha value is -1.81. The highest BCUT2D eigenvalue weighted by Gasteiger charge is 2.10. The van der Waals surface area contributed by atoms with Crippen molar-refractivity contribution in [3.63, 3.8) is 0 Å². The second-order valence-corrected chi connectivity index (χ2v) is 4.46. The van der Waals surface area contributed by atoms with Gasteiger partial charge in [-0.05, 0) is 12.1 Å². The van der Waals surface area contributed by atoms with Crippen LogP contribution in [0.5, 0.6) is 0 Å². The molecule has 3 N–H and O–H groups in total. The summed E-state index contributed by atoms with van der Waals surface area (Å²) in [7, 11) is 4.13. The number of fused-ring (bicyclic) bond motifs is 1. The lowest BCUT2D eigenvalue weighted by Gasteiger charge is -2.09. The molecular formula is C13H18N3O+. The van der Waals surface area contributed by atoms with Crippen molar-refractivity contribution >= 4 is 16.8 Å². The zero-order valence-electron chi connectivity index (χ0n) is 10.2. The molecule has 1 aromatic heterocycles. The fraction of sp³-hybridized carbons (Fsp3) is 0.308. The van der Waals surface area contributed by atoms with Gasteiger partial charge >= 0.3 is 0 Å². The first kappa shape index (κ1) is 11.7. The van der Waals surface area contributed by atoms with Crippen LogP contribution in [-0.4, -0.2) is 38.1 Å². The van der Waals surface area contributed by atoms with Gasteiger partial charge in [0.05, 0.1) is 38.3 Å². The summed E-state index contributed by atoms with van der Waals surface area (Å²) in [6, 6.07) is 7.71. The maximum atomic E-state index is 12.0. The number of hydrogen-bond donors (Lipinski definition) is 3. The number of nitrogens with one attached hydrogen (secondary N) is 3. The Morgan fingerprint density at radius 1 is 1.35 bits per heavy atom. The molecule has 0 unspecified atom stereocenters. The molecule has 0 spiro atoms. The lowest BCUT2D eigenvalue weighted by atomic mass is 10.1. The van der Waals surface area contributed by atoms with Gasteiger partial charge in [-0.2, -0.15) is 0 Å². The first-order valence-corrected chi connectivity index (χ1v) is 5.82. The fourth-order valence-corrected chi connectivity index (χ4v) is 1.80. The van der Waals surface area contributed by atoms with E-state index in [4.69, 9.17) is 0 Å². The Balaban J connectivity index is 2.11. The minimum atomic E-state index is -0.0145. The van der Waals surface area contributed by atoms with Gasteiger partial charge in [-0.15, -0.1) is 0 Å². The van der Waals surface area contributed by atoms with E-state index in [9.17, 15) is 4.79 Å². The van der Waals surface area contributed by atoms with E-state index >= 15 is 0 Å². The van der Waals surface area contributed by atoms with Crippen LogP contribution in [0, 0.1) is 0 Å². The van der Waals surface area contributed by atoms with Gasteiger partial charge in [-0.3, -0.25) is 4.79 Å². The molecule has 0 fully saturated rings. The van der Waals surface area contributed by atoms with Crippen molar-refractivity contribution < 1.29 is 9.69 Å². The molecule has 4 nitrogen and oxygen atoms in total. The van der Waals surface area contributed by atoms with E-state index in [1.54, 1.807) is 0 Å². The number of benzene rings is 1. The van der Waals surface area contributed by atoms with Crippen molar-refractivity contribution in [3.05, 3.63) is 36.0 Å². The van der Waals surface area contributed by atoms with Crippen LogP contribution in [0.3, 0.4) is 0 Å². The molecule has 17 heavy (non-hydrogen) atoms. The third kappa shape index (κ3) is 2.65. The van der Waals surface area contributed by atoms with Crippen molar-refractivity contribution in [2.24, 2.45) is 0 Å². The molecular weight excluding hydrogens is 214 g/mol. The van der Waals surface area contributed by atoms with Crippen LogP contribution < -0.4 is 10.2 Å². The number of likely N-dealkylation sites (N-methyl/N-ethyl adjacent to an activating group) is 1. The van der Waals surface area contributed by atoms with Crippen molar-refractivity contribution in [2.75, 3.05) is 27.2 Å². The molecule has 1 aromatic carbocycles. The quantitative estimate of drug-likeness (QED) is 0.685. The highest BCUT2D eigenvalue weighted by Crippen LogP contribution is 2.16. The van der Waals surface area contributed by atoms with Crippen LogP contribution in [0.4, 0.5) is 0 Å². The monoisotopic (exact) mass is 232 g/mol. The largest absolute Gasteiger partial charge is 0.361 e. The zero-order chi connectivity index (χ0) is 12.3. The molecule has 0 atom stereocenters. The number of carbonyl (C=O) groups excluding carboxylic acids is 1. The highest BCUT2D eigenvalue weighted by molar-refractivity contribution is 6.05. The number of aromatic nitrogens is 1. The Morgan fingerprint density at radius 3 is 2.94 bits per heavy atom. The summed E-state index contributed by atoms with van der Waals surface area (Å²) in [4.78, 5) is 16.4. The summed E-state index contributed by atoms with van der Waals surface area (Å²) in [5.41, 5.74) is 1.61. The van der Waals surface area contributed by atoms with E-state index in [1.165, 1.54) is 4.90 Å². The minimum Gasteiger partial charge on any atom is -0.361 e. The number of para-hydroxylation sites is 1. The van der Waals surface area contributed by atoms with Gasteiger partial charge in [0.1, 0.15) is 0 Å². The molecule has 0 radical (unpaired) electrons. The predicted molar refractivity (Wildman–Crippen MR) is 68.3 cm³/mol. The van der Waals surface area contributed by atoms with Crippen LogP contribution in [0.2, 0.25) is 0 Å². The Bertz CT molecular complexity index is 516. The fourth-order valence-electron chi connectivity index (χ4n) is 1.80. The van der Waals surface area contributed by atoms with Gasteiger partial charge in [0.25, 0.3) is 5.91 Å². The van der Waals surface area contributed by atoms with Crippen LogP contribution in [0.1, 0.15) is 10.4 Å². The first-order valence-electron chi connectivity index (χ1n) is 5.82. The number of aromatic amines is 1. The van der Waals surface area contributed by atoms with E-state index < -0.39 is 0 Å². The van der Waals surface area contributed by atoms with Gasteiger partial charge in [-0.25, -0.2) is 0 Å². The number of carbonyl (C=O) groups is 1. The molecule has 0 saturated carbocycles. The number of hydrogen-bond acceptors (Lipinski definition) is 1. The molecule has 0 saturated heterocycles. The van der Waals surface area contributed by atoms with Crippen molar-refractivity contribution in [3.8, 4) is 0 Å². The molecule has 2 aromatic rings. The summed E-state index contributed by atoms with van der Waals surface area (Å²) in [6.07, 6.45) is 1.85. The molecule has 4 heteroatoms.